The standard InChI is InChI=1S/C17H27NO/c1-5-17-15(6-7-19-17)10-18-11-16-13(3)8-12(2)9-14(16)4/h8-9,15,17-18H,5-7,10-11H2,1-4H3. The first-order valence-electron chi connectivity index (χ1n) is 7.50. The number of nitrogens with one attached hydrogen (secondary N) is 1. The van der Waals surface area contributed by atoms with Crippen molar-refractivity contribution in [2.75, 3.05) is 13.2 Å². The van der Waals surface area contributed by atoms with Gasteiger partial charge in [-0.3, -0.25) is 0 Å². The van der Waals surface area contributed by atoms with Crippen molar-refractivity contribution in [2.45, 2.75) is 53.2 Å². The van der Waals surface area contributed by atoms with Crippen LogP contribution in [0.2, 0.25) is 0 Å². The fourth-order valence-electron chi connectivity index (χ4n) is 3.25. The van der Waals surface area contributed by atoms with Gasteiger partial charge in [-0.05, 0) is 56.2 Å². The quantitative estimate of drug-likeness (QED) is 0.875. The molecule has 1 heterocycles. The number of aryl methyl sites for hydroxylation is 3. The van der Waals surface area contributed by atoms with Gasteiger partial charge in [0.25, 0.3) is 0 Å². The van der Waals surface area contributed by atoms with E-state index < -0.39 is 0 Å². The van der Waals surface area contributed by atoms with E-state index in [1.54, 1.807) is 0 Å². The Morgan fingerprint density at radius 3 is 2.53 bits per heavy atom. The molecular weight excluding hydrogens is 234 g/mol. The highest BCUT2D eigenvalue weighted by Crippen LogP contribution is 2.23. The Morgan fingerprint density at radius 1 is 1.21 bits per heavy atom. The molecule has 0 spiro atoms. The Labute approximate surface area is 117 Å². The van der Waals surface area contributed by atoms with Crippen LogP contribution in [0, 0.1) is 26.7 Å². The predicted molar refractivity (Wildman–Crippen MR) is 80.5 cm³/mol. The molecule has 1 aromatic rings. The molecule has 0 bridgehead atoms. The van der Waals surface area contributed by atoms with Crippen LogP contribution in [0.25, 0.3) is 0 Å². The molecular formula is C17H27NO. The summed E-state index contributed by atoms with van der Waals surface area (Å²) in [6.07, 6.45) is 2.81. The zero-order valence-corrected chi connectivity index (χ0v) is 12.8. The largest absolute Gasteiger partial charge is 0.378 e. The van der Waals surface area contributed by atoms with Crippen LogP contribution in [0.4, 0.5) is 0 Å². The van der Waals surface area contributed by atoms with E-state index in [9.17, 15) is 0 Å². The molecule has 106 valence electrons. The second kappa shape index (κ2) is 6.53. The molecule has 0 amide bonds. The highest BCUT2D eigenvalue weighted by atomic mass is 16.5. The van der Waals surface area contributed by atoms with E-state index in [4.69, 9.17) is 4.74 Å². The van der Waals surface area contributed by atoms with Crippen molar-refractivity contribution in [2.24, 2.45) is 5.92 Å². The molecule has 0 aromatic heterocycles. The van der Waals surface area contributed by atoms with Crippen LogP contribution in [0.15, 0.2) is 12.1 Å². The first-order valence-corrected chi connectivity index (χ1v) is 7.50. The summed E-state index contributed by atoms with van der Waals surface area (Å²) in [6.45, 7) is 11.8. The van der Waals surface area contributed by atoms with Gasteiger partial charge in [-0.15, -0.1) is 0 Å². The second-order valence-electron chi connectivity index (χ2n) is 5.87. The van der Waals surface area contributed by atoms with Gasteiger partial charge in [-0.1, -0.05) is 24.6 Å². The molecule has 1 aliphatic rings. The Bertz CT molecular complexity index is 404. The van der Waals surface area contributed by atoms with E-state index in [0.29, 0.717) is 12.0 Å². The number of ether oxygens (including phenoxy) is 1. The molecule has 0 radical (unpaired) electrons. The SMILES string of the molecule is CCC1OCCC1CNCc1c(C)cc(C)cc1C. The van der Waals surface area contributed by atoms with Crippen molar-refractivity contribution in [1.29, 1.82) is 0 Å². The molecule has 0 aliphatic carbocycles. The van der Waals surface area contributed by atoms with E-state index in [1.165, 1.54) is 28.7 Å². The average molecular weight is 261 g/mol. The van der Waals surface area contributed by atoms with Gasteiger partial charge in [0, 0.05) is 19.7 Å². The third-order valence-electron chi connectivity index (χ3n) is 4.30. The Morgan fingerprint density at radius 2 is 1.89 bits per heavy atom. The van der Waals surface area contributed by atoms with Gasteiger partial charge in [0.1, 0.15) is 0 Å². The first kappa shape index (κ1) is 14.5. The number of hydrogen-bond acceptors (Lipinski definition) is 2. The molecule has 2 nitrogen and oxygen atoms in total. The maximum Gasteiger partial charge on any atom is 0.0613 e. The second-order valence-corrected chi connectivity index (χ2v) is 5.87. The van der Waals surface area contributed by atoms with Crippen LogP contribution in [-0.2, 0) is 11.3 Å². The average Bonchev–Trinajstić information content (AvgIpc) is 2.79. The smallest absolute Gasteiger partial charge is 0.0613 e. The fourth-order valence-corrected chi connectivity index (χ4v) is 3.25. The van der Waals surface area contributed by atoms with Gasteiger partial charge in [-0.25, -0.2) is 0 Å². The van der Waals surface area contributed by atoms with E-state index in [2.05, 4.69) is 45.1 Å². The summed E-state index contributed by atoms with van der Waals surface area (Å²) in [5.41, 5.74) is 5.62. The molecule has 1 aliphatic heterocycles. The summed E-state index contributed by atoms with van der Waals surface area (Å²) in [5.74, 6) is 0.691. The number of benzene rings is 1. The molecule has 19 heavy (non-hydrogen) atoms. The van der Waals surface area contributed by atoms with Crippen molar-refractivity contribution < 1.29 is 4.74 Å². The van der Waals surface area contributed by atoms with Crippen molar-refractivity contribution in [3.05, 3.63) is 34.4 Å². The Hall–Kier alpha value is -0.860. The third-order valence-corrected chi connectivity index (χ3v) is 4.30. The Balaban J connectivity index is 1.89. The highest BCUT2D eigenvalue weighted by molar-refractivity contribution is 5.37. The maximum atomic E-state index is 5.74. The Kier molecular flexibility index (Phi) is 5.00. The van der Waals surface area contributed by atoms with Crippen LogP contribution in [0.1, 0.15) is 42.0 Å². The van der Waals surface area contributed by atoms with Crippen molar-refractivity contribution in [3.63, 3.8) is 0 Å². The van der Waals surface area contributed by atoms with Crippen LogP contribution in [-0.4, -0.2) is 19.3 Å². The molecule has 1 saturated heterocycles. The normalized spacial score (nSPS) is 22.9. The van der Waals surface area contributed by atoms with Gasteiger partial charge in [-0.2, -0.15) is 0 Å². The lowest BCUT2D eigenvalue weighted by molar-refractivity contribution is 0.0872. The topological polar surface area (TPSA) is 21.3 Å². The summed E-state index contributed by atoms with van der Waals surface area (Å²) in [4.78, 5) is 0. The monoisotopic (exact) mass is 261 g/mol. The minimum atomic E-state index is 0.465. The van der Waals surface area contributed by atoms with Gasteiger partial charge in [0.05, 0.1) is 6.10 Å². The molecule has 0 saturated carbocycles. The van der Waals surface area contributed by atoms with Crippen molar-refractivity contribution in [3.8, 4) is 0 Å². The van der Waals surface area contributed by atoms with E-state index in [0.717, 1.165) is 26.1 Å². The van der Waals surface area contributed by atoms with Gasteiger partial charge < -0.3 is 10.1 Å². The minimum absolute atomic E-state index is 0.465. The molecule has 2 atom stereocenters. The van der Waals surface area contributed by atoms with E-state index in [-0.39, 0.29) is 0 Å². The molecule has 1 N–H and O–H groups in total. The summed E-state index contributed by atoms with van der Waals surface area (Å²) < 4.78 is 5.74. The summed E-state index contributed by atoms with van der Waals surface area (Å²) >= 11 is 0. The summed E-state index contributed by atoms with van der Waals surface area (Å²) in [7, 11) is 0. The van der Waals surface area contributed by atoms with Crippen molar-refractivity contribution >= 4 is 0 Å². The lowest BCUT2D eigenvalue weighted by atomic mass is 9.98. The first-order chi connectivity index (χ1) is 9.11. The van der Waals surface area contributed by atoms with Crippen LogP contribution >= 0.6 is 0 Å². The molecule has 1 fully saturated rings. The van der Waals surface area contributed by atoms with Gasteiger partial charge in [0.15, 0.2) is 0 Å². The fraction of sp³-hybridized carbons (Fsp3) is 0.647. The van der Waals surface area contributed by atoms with Crippen LogP contribution in [0.3, 0.4) is 0 Å². The summed E-state index contributed by atoms with van der Waals surface area (Å²) in [5, 5.41) is 3.63. The van der Waals surface area contributed by atoms with E-state index in [1.807, 2.05) is 0 Å². The van der Waals surface area contributed by atoms with Crippen LogP contribution < -0.4 is 5.32 Å². The summed E-state index contributed by atoms with van der Waals surface area (Å²) in [6, 6.07) is 4.55. The molecule has 2 rings (SSSR count). The molecule has 2 heteroatoms. The predicted octanol–water partition coefficient (Wildman–Crippen LogP) is 3.52. The highest BCUT2D eigenvalue weighted by Gasteiger charge is 2.25. The number of rotatable bonds is 5. The zero-order valence-electron chi connectivity index (χ0n) is 12.8. The molecule has 2 unspecified atom stereocenters. The molecule has 1 aromatic carbocycles. The minimum Gasteiger partial charge on any atom is -0.378 e. The zero-order chi connectivity index (χ0) is 13.8. The van der Waals surface area contributed by atoms with Crippen LogP contribution in [0.5, 0.6) is 0 Å². The van der Waals surface area contributed by atoms with Gasteiger partial charge >= 0.3 is 0 Å². The lowest BCUT2D eigenvalue weighted by Gasteiger charge is -2.18. The third kappa shape index (κ3) is 3.58. The maximum absolute atomic E-state index is 5.74. The van der Waals surface area contributed by atoms with Crippen molar-refractivity contribution in [1.82, 2.24) is 5.32 Å². The van der Waals surface area contributed by atoms with E-state index >= 15 is 0 Å². The number of hydrogen-bond donors (Lipinski definition) is 1. The lowest BCUT2D eigenvalue weighted by Crippen LogP contribution is -2.28. The van der Waals surface area contributed by atoms with Gasteiger partial charge in [0.2, 0.25) is 0 Å².